The molecule has 2 N–H and O–H groups in total. The van der Waals surface area contributed by atoms with Gasteiger partial charge in [-0.25, -0.2) is 9.59 Å². The van der Waals surface area contributed by atoms with E-state index in [9.17, 15) is 9.59 Å². The number of carbonyl (C=O) groups is 2. The second-order valence-electron chi connectivity index (χ2n) is 5.27. The van der Waals surface area contributed by atoms with Gasteiger partial charge in [-0.1, -0.05) is 0 Å². The first-order valence-corrected chi connectivity index (χ1v) is 6.64. The molecule has 2 saturated heterocycles. The number of carbonyl (C=O) groups excluding carboxylic acids is 1. The lowest BCUT2D eigenvalue weighted by Gasteiger charge is -2.31. The van der Waals surface area contributed by atoms with E-state index in [1.54, 1.807) is 17.0 Å². The fourth-order valence-corrected chi connectivity index (χ4v) is 2.77. The van der Waals surface area contributed by atoms with Crippen LogP contribution >= 0.6 is 0 Å². The van der Waals surface area contributed by atoms with Crippen LogP contribution in [0.15, 0.2) is 24.3 Å². The zero-order chi connectivity index (χ0) is 14.2. The number of nitrogens with one attached hydrogen (secondary N) is 1. The highest BCUT2D eigenvalue weighted by atomic mass is 16.6. The Kier molecular flexibility index (Phi) is 3.10. The Morgan fingerprint density at radius 1 is 1.35 bits per heavy atom. The highest BCUT2D eigenvalue weighted by Crippen LogP contribution is 2.32. The van der Waals surface area contributed by atoms with E-state index in [0.29, 0.717) is 18.8 Å². The van der Waals surface area contributed by atoms with Gasteiger partial charge in [-0.2, -0.15) is 0 Å². The number of benzene rings is 1. The molecule has 0 bridgehead atoms. The summed E-state index contributed by atoms with van der Waals surface area (Å²) in [6.45, 7) is 2.13. The molecule has 0 saturated carbocycles. The maximum absolute atomic E-state index is 12.0. The standard InChI is InChI=1S/C14H16N2O4/c17-12(18)10-2-4-11(5-3-10)16-9-14(20-13(16)19)6-1-7-15-8-14/h2-5,15H,1,6-9H2,(H,17,18). The first-order valence-electron chi connectivity index (χ1n) is 6.64. The van der Waals surface area contributed by atoms with Crippen LogP contribution in [0.3, 0.4) is 0 Å². The topological polar surface area (TPSA) is 78.9 Å². The first-order chi connectivity index (χ1) is 9.60. The highest BCUT2D eigenvalue weighted by Gasteiger charge is 2.46. The molecule has 0 aromatic heterocycles. The Bertz CT molecular complexity index is 535. The summed E-state index contributed by atoms with van der Waals surface area (Å²) < 4.78 is 5.54. The van der Waals surface area contributed by atoms with Crippen molar-refractivity contribution in [3.05, 3.63) is 29.8 Å². The maximum atomic E-state index is 12.0. The number of anilines is 1. The molecule has 2 aliphatic heterocycles. The van der Waals surface area contributed by atoms with Crippen LogP contribution in [-0.2, 0) is 4.74 Å². The predicted octanol–water partition coefficient (Wildman–Crippen LogP) is 1.46. The minimum absolute atomic E-state index is 0.204. The van der Waals surface area contributed by atoms with Crippen molar-refractivity contribution >= 4 is 17.7 Å². The Labute approximate surface area is 116 Å². The molecule has 1 aromatic carbocycles. The van der Waals surface area contributed by atoms with Crippen molar-refractivity contribution < 1.29 is 19.4 Å². The van der Waals surface area contributed by atoms with Crippen molar-refractivity contribution in [2.24, 2.45) is 0 Å². The molecule has 6 heteroatoms. The van der Waals surface area contributed by atoms with Gasteiger partial charge in [-0.15, -0.1) is 0 Å². The maximum Gasteiger partial charge on any atom is 0.415 e. The van der Waals surface area contributed by atoms with Crippen LogP contribution < -0.4 is 10.2 Å². The van der Waals surface area contributed by atoms with Crippen LogP contribution in [0.5, 0.6) is 0 Å². The lowest BCUT2D eigenvalue weighted by atomic mass is 9.94. The molecule has 2 heterocycles. The molecule has 1 unspecified atom stereocenters. The minimum atomic E-state index is -0.978. The summed E-state index contributed by atoms with van der Waals surface area (Å²) in [6.07, 6.45) is 1.48. The van der Waals surface area contributed by atoms with E-state index in [4.69, 9.17) is 9.84 Å². The first kappa shape index (κ1) is 12.9. The number of rotatable bonds is 2. The van der Waals surface area contributed by atoms with Crippen molar-refractivity contribution in [3.63, 3.8) is 0 Å². The molecular weight excluding hydrogens is 260 g/mol. The molecule has 6 nitrogen and oxygen atoms in total. The number of hydrogen-bond acceptors (Lipinski definition) is 4. The zero-order valence-corrected chi connectivity index (χ0v) is 11.0. The number of nitrogens with zero attached hydrogens (tertiary/aromatic N) is 1. The van der Waals surface area contributed by atoms with Crippen LogP contribution in [0.2, 0.25) is 0 Å². The van der Waals surface area contributed by atoms with Crippen molar-refractivity contribution in [1.29, 1.82) is 0 Å². The van der Waals surface area contributed by atoms with Gasteiger partial charge in [0.15, 0.2) is 0 Å². The number of carboxylic acid groups (broad SMARTS) is 1. The summed E-state index contributed by atoms with van der Waals surface area (Å²) in [5, 5.41) is 12.1. The molecule has 0 radical (unpaired) electrons. The summed E-state index contributed by atoms with van der Waals surface area (Å²) in [7, 11) is 0. The van der Waals surface area contributed by atoms with Crippen LogP contribution in [0.1, 0.15) is 23.2 Å². The molecule has 2 aliphatic rings. The van der Waals surface area contributed by atoms with Gasteiger partial charge >= 0.3 is 12.1 Å². The molecule has 2 fully saturated rings. The van der Waals surface area contributed by atoms with Gasteiger partial charge in [0.1, 0.15) is 5.60 Å². The summed E-state index contributed by atoms with van der Waals surface area (Å²) in [5.74, 6) is -0.978. The highest BCUT2D eigenvalue weighted by molar-refractivity contribution is 5.92. The van der Waals surface area contributed by atoms with Gasteiger partial charge < -0.3 is 15.2 Å². The largest absolute Gasteiger partial charge is 0.478 e. The van der Waals surface area contributed by atoms with Crippen LogP contribution in [-0.4, -0.2) is 42.4 Å². The van der Waals surface area contributed by atoms with E-state index >= 15 is 0 Å². The van der Waals surface area contributed by atoms with Gasteiger partial charge in [0, 0.05) is 12.2 Å². The summed E-state index contributed by atoms with van der Waals surface area (Å²) >= 11 is 0. The molecule has 1 atom stereocenters. The van der Waals surface area contributed by atoms with Crippen LogP contribution in [0.25, 0.3) is 0 Å². The molecule has 1 amide bonds. The van der Waals surface area contributed by atoms with E-state index in [1.807, 2.05) is 0 Å². The quantitative estimate of drug-likeness (QED) is 0.855. The molecule has 1 spiro atoms. The SMILES string of the molecule is O=C(O)c1ccc(N2CC3(CCCNC3)OC2=O)cc1. The fraction of sp³-hybridized carbons (Fsp3) is 0.429. The molecule has 20 heavy (non-hydrogen) atoms. The van der Waals surface area contributed by atoms with E-state index in [0.717, 1.165) is 19.4 Å². The minimum Gasteiger partial charge on any atom is -0.478 e. The number of ether oxygens (including phenoxy) is 1. The second kappa shape index (κ2) is 4.79. The second-order valence-corrected chi connectivity index (χ2v) is 5.27. The number of hydrogen-bond donors (Lipinski definition) is 2. The fourth-order valence-electron chi connectivity index (χ4n) is 2.77. The number of carboxylic acids is 1. The number of aromatic carboxylic acids is 1. The van der Waals surface area contributed by atoms with E-state index in [-0.39, 0.29) is 11.7 Å². The van der Waals surface area contributed by atoms with Crippen molar-refractivity contribution in [3.8, 4) is 0 Å². The van der Waals surface area contributed by atoms with Crippen molar-refractivity contribution in [2.75, 3.05) is 24.5 Å². The van der Waals surface area contributed by atoms with Crippen LogP contribution in [0.4, 0.5) is 10.5 Å². The molecule has 3 rings (SSSR count). The molecule has 106 valence electrons. The van der Waals surface area contributed by atoms with Gasteiger partial charge in [-0.05, 0) is 43.7 Å². The zero-order valence-electron chi connectivity index (χ0n) is 11.0. The number of amides is 1. The van der Waals surface area contributed by atoms with Gasteiger partial charge in [0.25, 0.3) is 0 Å². The monoisotopic (exact) mass is 276 g/mol. The third-order valence-corrected chi connectivity index (χ3v) is 3.83. The third kappa shape index (κ3) is 2.22. The Hall–Kier alpha value is -2.08. The summed E-state index contributed by atoms with van der Waals surface area (Å²) in [5.41, 5.74) is 0.429. The Morgan fingerprint density at radius 2 is 2.10 bits per heavy atom. The van der Waals surface area contributed by atoms with Crippen molar-refractivity contribution in [2.45, 2.75) is 18.4 Å². The normalized spacial score (nSPS) is 25.8. The van der Waals surface area contributed by atoms with E-state index in [2.05, 4.69) is 5.32 Å². The molecule has 0 aliphatic carbocycles. The smallest absolute Gasteiger partial charge is 0.415 e. The number of piperidine rings is 1. The molecule has 1 aromatic rings. The Morgan fingerprint density at radius 3 is 2.70 bits per heavy atom. The van der Waals surface area contributed by atoms with Gasteiger partial charge in [0.05, 0.1) is 12.1 Å². The van der Waals surface area contributed by atoms with Crippen molar-refractivity contribution in [1.82, 2.24) is 5.32 Å². The van der Waals surface area contributed by atoms with Crippen LogP contribution in [0, 0.1) is 0 Å². The van der Waals surface area contributed by atoms with E-state index in [1.165, 1.54) is 12.1 Å². The summed E-state index contributed by atoms with van der Waals surface area (Å²) in [4.78, 5) is 24.4. The lowest BCUT2D eigenvalue weighted by Crippen LogP contribution is -2.48. The van der Waals surface area contributed by atoms with Gasteiger partial charge in [0.2, 0.25) is 0 Å². The van der Waals surface area contributed by atoms with E-state index < -0.39 is 11.6 Å². The molecular formula is C14H16N2O4. The third-order valence-electron chi connectivity index (χ3n) is 3.83. The predicted molar refractivity (Wildman–Crippen MR) is 72.1 cm³/mol. The lowest BCUT2D eigenvalue weighted by molar-refractivity contribution is 0.0366. The summed E-state index contributed by atoms with van der Waals surface area (Å²) in [6, 6.07) is 6.27. The Balaban J connectivity index is 1.80. The average molecular weight is 276 g/mol. The average Bonchev–Trinajstić information content (AvgIpc) is 2.76. The van der Waals surface area contributed by atoms with Gasteiger partial charge in [-0.3, -0.25) is 4.90 Å².